The minimum atomic E-state index is -0.958. The Bertz CT molecular complexity index is 945. The summed E-state index contributed by atoms with van der Waals surface area (Å²) in [6, 6.07) is 9.27. The first-order valence-electron chi connectivity index (χ1n) is 10.5. The number of piperidine rings is 1. The van der Waals surface area contributed by atoms with Gasteiger partial charge in [0.1, 0.15) is 0 Å². The van der Waals surface area contributed by atoms with Crippen LogP contribution in [0.15, 0.2) is 47.1 Å². The highest BCUT2D eigenvalue weighted by molar-refractivity contribution is 6.02. The standard InChI is InChI=1S/C23H26N2O7/c1-3-30-22(28)17-10-12-25(13-11-17)21(27)15(2)32-23(29)16-6-8-18(9-7-16)24-20(26)19-5-4-14-31-19/h4-9,14-15,17H,3,10-13H2,1-2H3,(H,24,26). The maximum atomic E-state index is 12.6. The number of carbonyl (C=O) groups is 4. The van der Waals surface area contributed by atoms with Crippen molar-refractivity contribution in [3.8, 4) is 0 Å². The second-order valence-corrected chi connectivity index (χ2v) is 7.41. The lowest BCUT2D eigenvalue weighted by Gasteiger charge is -2.32. The molecule has 1 atom stereocenters. The van der Waals surface area contributed by atoms with Crippen LogP contribution in [0.3, 0.4) is 0 Å². The average Bonchev–Trinajstić information content (AvgIpc) is 3.34. The van der Waals surface area contributed by atoms with Crippen molar-refractivity contribution in [1.29, 1.82) is 0 Å². The van der Waals surface area contributed by atoms with Gasteiger partial charge in [0, 0.05) is 18.8 Å². The lowest BCUT2D eigenvalue weighted by Crippen LogP contribution is -2.45. The summed E-state index contributed by atoms with van der Waals surface area (Å²) in [5.74, 6) is -1.62. The fourth-order valence-electron chi connectivity index (χ4n) is 3.42. The van der Waals surface area contributed by atoms with Gasteiger partial charge in [0.2, 0.25) is 0 Å². The van der Waals surface area contributed by atoms with Gasteiger partial charge >= 0.3 is 11.9 Å². The van der Waals surface area contributed by atoms with E-state index in [-0.39, 0.29) is 29.1 Å². The molecule has 1 aliphatic rings. The molecule has 9 heteroatoms. The molecule has 0 spiro atoms. The summed E-state index contributed by atoms with van der Waals surface area (Å²) in [6.07, 6.45) is 1.49. The molecule has 0 saturated carbocycles. The molecule has 3 rings (SSSR count). The number of nitrogens with one attached hydrogen (secondary N) is 1. The SMILES string of the molecule is CCOC(=O)C1CCN(C(=O)C(C)OC(=O)c2ccc(NC(=O)c3ccco3)cc2)CC1. The Kier molecular flexibility index (Phi) is 7.64. The fraction of sp³-hybridized carbons (Fsp3) is 0.391. The molecule has 1 unspecified atom stereocenters. The zero-order valence-electron chi connectivity index (χ0n) is 18.0. The molecule has 2 aromatic rings. The number of ether oxygens (including phenoxy) is 2. The van der Waals surface area contributed by atoms with Gasteiger partial charge in [-0.15, -0.1) is 0 Å². The van der Waals surface area contributed by atoms with E-state index in [1.165, 1.54) is 25.3 Å². The van der Waals surface area contributed by atoms with E-state index in [0.29, 0.717) is 38.2 Å². The van der Waals surface area contributed by atoms with Crippen LogP contribution in [0.5, 0.6) is 0 Å². The quantitative estimate of drug-likeness (QED) is 0.656. The molecule has 1 aromatic carbocycles. The minimum Gasteiger partial charge on any atom is -0.466 e. The predicted molar refractivity (Wildman–Crippen MR) is 114 cm³/mol. The third-order valence-corrected chi connectivity index (χ3v) is 5.18. The summed E-state index contributed by atoms with van der Waals surface area (Å²) in [5, 5.41) is 2.65. The Hall–Kier alpha value is -3.62. The van der Waals surface area contributed by atoms with E-state index < -0.39 is 18.0 Å². The fourth-order valence-corrected chi connectivity index (χ4v) is 3.42. The van der Waals surface area contributed by atoms with E-state index in [1.54, 1.807) is 36.1 Å². The van der Waals surface area contributed by atoms with Gasteiger partial charge in [-0.25, -0.2) is 4.79 Å². The monoisotopic (exact) mass is 442 g/mol. The molecule has 0 bridgehead atoms. The molecule has 1 saturated heterocycles. The number of anilines is 1. The van der Waals surface area contributed by atoms with Crippen LogP contribution < -0.4 is 5.32 Å². The molecule has 1 N–H and O–H groups in total. The van der Waals surface area contributed by atoms with Crippen LogP contribution in [0.25, 0.3) is 0 Å². The maximum Gasteiger partial charge on any atom is 0.338 e. The summed E-state index contributed by atoms with van der Waals surface area (Å²) in [4.78, 5) is 50.5. The molecule has 1 fully saturated rings. The topological polar surface area (TPSA) is 115 Å². The average molecular weight is 442 g/mol. The Labute approximate surface area is 185 Å². The summed E-state index contributed by atoms with van der Waals surface area (Å²) in [5.41, 5.74) is 0.734. The van der Waals surface area contributed by atoms with E-state index in [0.717, 1.165) is 0 Å². The van der Waals surface area contributed by atoms with Gasteiger partial charge in [0.25, 0.3) is 11.8 Å². The Balaban J connectivity index is 1.49. The van der Waals surface area contributed by atoms with Crippen molar-refractivity contribution in [3.05, 3.63) is 54.0 Å². The second-order valence-electron chi connectivity index (χ2n) is 7.41. The number of esters is 2. The third-order valence-electron chi connectivity index (χ3n) is 5.18. The molecule has 2 heterocycles. The zero-order valence-corrected chi connectivity index (χ0v) is 18.0. The lowest BCUT2D eigenvalue weighted by atomic mass is 9.97. The summed E-state index contributed by atoms with van der Waals surface area (Å²) in [7, 11) is 0. The Morgan fingerprint density at radius 2 is 1.81 bits per heavy atom. The van der Waals surface area contributed by atoms with Crippen LogP contribution in [-0.4, -0.2) is 54.5 Å². The van der Waals surface area contributed by atoms with Crippen molar-refractivity contribution in [2.45, 2.75) is 32.8 Å². The molecule has 0 radical (unpaired) electrons. The molecule has 0 aliphatic carbocycles. The van der Waals surface area contributed by atoms with Gasteiger partial charge in [-0.05, 0) is 63.1 Å². The lowest BCUT2D eigenvalue weighted by molar-refractivity contribution is -0.152. The highest BCUT2D eigenvalue weighted by Crippen LogP contribution is 2.20. The van der Waals surface area contributed by atoms with E-state index in [4.69, 9.17) is 13.9 Å². The van der Waals surface area contributed by atoms with E-state index in [2.05, 4.69) is 5.32 Å². The molecular weight excluding hydrogens is 416 g/mol. The summed E-state index contributed by atoms with van der Waals surface area (Å²) in [6.45, 7) is 4.44. The van der Waals surface area contributed by atoms with Gasteiger partial charge in [-0.1, -0.05) is 0 Å². The van der Waals surface area contributed by atoms with Gasteiger partial charge < -0.3 is 24.1 Å². The molecule has 32 heavy (non-hydrogen) atoms. The molecule has 1 aliphatic heterocycles. The number of rotatable bonds is 7. The Morgan fingerprint density at radius 3 is 2.41 bits per heavy atom. The first-order chi connectivity index (χ1) is 15.4. The first kappa shape index (κ1) is 23.1. The normalized spacial score (nSPS) is 15.0. The minimum absolute atomic E-state index is 0.173. The Morgan fingerprint density at radius 1 is 1.12 bits per heavy atom. The zero-order chi connectivity index (χ0) is 23.1. The number of nitrogens with zero attached hydrogens (tertiary/aromatic N) is 1. The van der Waals surface area contributed by atoms with Crippen LogP contribution >= 0.6 is 0 Å². The van der Waals surface area contributed by atoms with E-state index in [1.807, 2.05) is 0 Å². The smallest absolute Gasteiger partial charge is 0.338 e. The molecular formula is C23H26N2O7. The van der Waals surface area contributed by atoms with E-state index >= 15 is 0 Å². The van der Waals surface area contributed by atoms with Crippen molar-refractivity contribution in [2.75, 3.05) is 25.0 Å². The number of likely N-dealkylation sites (tertiary alicyclic amines) is 1. The first-order valence-corrected chi connectivity index (χ1v) is 10.5. The molecule has 2 amide bonds. The molecule has 170 valence electrons. The molecule has 1 aromatic heterocycles. The van der Waals surface area contributed by atoms with Gasteiger partial charge in [-0.3, -0.25) is 14.4 Å². The maximum absolute atomic E-state index is 12.6. The number of amides is 2. The second kappa shape index (κ2) is 10.6. The highest BCUT2D eigenvalue weighted by atomic mass is 16.5. The number of carbonyl (C=O) groups excluding carboxylic acids is 4. The van der Waals surface area contributed by atoms with Gasteiger partial charge in [0.15, 0.2) is 11.9 Å². The largest absolute Gasteiger partial charge is 0.466 e. The summed E-state index contributed by atoms with van der Waals surface area (Å²) < 4.78 is 15.4. The van der Waals surface area contributed by atoms with E-state index in [9.17, 15) is 19.2 Å². The number of hydrogen-bond acceptors (Lipinski definition) is 7. The van der Waals surface area contributed by atoms with Crippen LogP contribution in [-0.2, 0) is 19.1 Å². The van der Waals surface area contributed by atoms with Crippen LogP contribution in [0.2, 0.25) is 0 Å². The van der Waals surface area contributed by atoms with Gasteiger partial charge in [-0.2, -0.15) is 0 Å². The van der Waals surface area contributed by atoms with Crippen molar-refractivity contribution in [2.24, 2.45) is 5.92 Å². The number of furan rings is 1. The van der Waals surface area contributed by atoms with Crippen LogP contribution in [0, 0.1) is 5.92 Å². The van der Waals surface area contributed by atoms with Crippen molar-refractivity contribution >= 4 is 29.4 Å². The number of benzene rings is 1. The van der Waals surface area contributed by atoms with Gasteiger partial charge in [0.05, 0.1) is 24.4 Å². The summed E-state index contributed by atoms with van der Waals surface area (Å²) >= 11 is 0. The van der Waals surface area contributed by atoms with Crippen molar-refractivity contribution in [3.63, 3.8) is 0 Å². The van der Waals surface area contributed by atoms with Crippen molar-refractivity contribution in [1.82, 2.24) is 4.90 Å². The predicted octanol–water partition coefficient (Wildman–Crippen LogP) is 2.88. The third kappa shape index (κ3) is 5.75. The van der Waals surface area contributed by atoms with Crippen LogP contribution in [0.4, 0.5) is 5.69 Å². The number of hydrogen-bond donors (Lipinski definition) is 1. The highest BCUT2D eigenvalue weighted by Gasteiger charge is 2.31. The van der Waals surface area contributed by atoms with Crippen molar-refractivity contribution < 1.29 is 33.1 Å². The molecule has 9 nitrogen and oxygen atoms in total. The van der Waals surface area contributed by atoms with Crippen LogP contribution in [0.1, 0.15) is 47.6 Å².